The molecule has 0 bridgehead atoms. The molecule has 0 radical (unpaired) electrons. The zero-order valence-corrected chi connectivity index (χ0v) is 12.5. The standard InChI is InChI=1S/C21H19N/c1-3-10-18(11-4-1)21(19-12-5-2-6-13-19)20-14-8-7-9-17(20)15-16-22-21/h1-14,22H,15-16H2. The van der Waals surface area contributed by atoms with Crippen LogP contribution in [0.3, 0.4) is 0 Å². The van der Waals surface area contributed by atoms with Gasteiger partial charge in [-0.05, 0) is 28.7 Å². The summed E-state index contributed by atoms with van der Waals surface area (Å²) in [5, 5.41) is 3.82. The van der Waals surface area contributed by atoms with Gasteiger partial charge in [-0.25, -0.2) is 0 Å². The fraction of sp³-hybridized carbons (Fsp3) is 0.143. The van der Waals surface area contributed by atoms with Crippen molar-refractivity contribution in [3.05, 3.63) is 107 Å². The number of nitrogens with one attached hydrogen (secondary N) is 1. The van der Waals surface area contributed by atoms with Crippen LogP contribution in [-0.4, -0.2) is 6.54 Å². The van der Waals surface area contributed by atoms with Crippen molar-refractivity contribution in [3.8, 4) is 0 Å². The van der Waals surface area contributed by atoms with Gasteiger partial charge in [0.15, 0.2) is 0 Å². The Bertz CT molecular complexity index is 723. The molecule has 0 unspecified atom stereocenters. The zero-order valence-electron chi connectivity index (χ0n) is 12.5. The minimum Gasteiger partial charge on any atom is -0.300 e. The van der Waals surface area contributed by atoms with Crippen LogP contribution in [0.25, 0.3) is 0 Å². The quantitative estimate of drug-likeness (QED) is 0.746. The lowest BCUT2D eigenvalue weighted by molar-refractivity contribution is 0.447. The first kappa shape index (κ1) is 13.3. The van der Waals surface area contributed by atoms with Crippen molar-refractivity contribution in [1.29, 1.82) is 0 Å². The zero-order chi connectivity index (χ0) is 14.8. The highest BCUT2D eigenvalue weighted by Gasteiger charge is 2.39. The Hall–Kier alpha value is -2.38. The van der Waals surface area contributed by atoms with Crippen molar-refractivity contribution < 1.29 is 0 Å². The Morgan fingerprint density at radius 3 is 1.82 bits per heavy atom. The highest BCUT2D eigenvalue weighted by molar-refractivity contribution is 5.53. The summed E-state index contributed by atoms with van der Waals surface area (Å²) in [5.41, 5.74) is 5.16. The summed E-state index contributed by atoms with van der Waals surface area (Å²) in [6.07, 6.45) is 1.08. The molecule has 108 valence electrons. The normalized spacial score (nSPS) is 16.0. The summed E-state index contributed by atoms with van der Waals surface area (Å²) in [5.74, 6) is 0. The van der Waals surface area contributed by atoms with Crippen molar-refractivity contribution >= 4 is 0 Å². The summed E-state index contributed by atoms with van der Waals surface area (Å²) >= 11 is 0. The van der Waals surface area contributed by atoms with Gasteiger partial charge in [-0.2, -0.15) is 0 Å². The van der Waals surface area contributed by atoms with Gasteiger partial charge in [0.1, 0.15) is 0 Å². The average Bonchev–Trinajstić information content (AvgIpc) is 2.63. The number of rotatable bonds is 2. The third-order valence-corrected chi connectivity index (χ3v) is 4.62. The fourth-order valence-electron chi connectivity index (χ4n) is 3.64. The maximum atomic E-state index is 3.82. The Labute approximate surface area is 131 Å². The molecular formula is C21H19N. The van der Waals surface area contributed by atoms with E-state index in [0.29, 0.717) is 0 Å². The monoisotopic (exact) mass is 285 g/mol. The fourth-order valence-corrected chi connectivity index (χ4v) is 3.64. The molecular weight excluding hydrogens is 266 g/mol. The van der Waals surface area contributed by atoms with E-state index in [0.717, 1.165) is 13.0 Å². The van der Waals surface area contributed by atoms with E-state index in [1.54, 1.807) is 0 Å². The molecule has 3 aromatic carbocycles. The van der Waals surface area contributed by atoms with Crippen LogP contribution >= 0.6 is 0 Å². The molecule has 1 N–H and O–H groups in total. The van der Waals surface area contributed by atoms with Crippen LogP contribution in [0, 0.1) is 0 Å². The molecule has 3 aromatic rings. The molecule has 1 heteroatoms. The van der Waals surface area contributed by atoms with Crippen molar-refractivity contribution in [2.24, 2.45) is 0 Å². The molecule has 0 amide bonds. The van der Waals surface area contributed by atoms with Gasteiger partial charge in [-0.1, -0.05) is 84.9 Å². The number of fused-ring (bicyclic) bond motifs is 1. The van der Waals surface area contributed by atoms with E-state index in [9.17, 15) is 0 Å². The SMILES string of the molecule is c1ccc(C2(c3ccccc3)NCCc3ccccc32)cc1. The molecule has 0 atom stereocenters. The van der Waals surface area contributed by atoms with Gasteiger partial charge >= 0.3 is 0 Å². The van der Waals surface area contributed by atoms with Crippen LogP contribution < -0.4 is 5.32 Å². The summed E-state index contributed by atoms with van der Waals surface area (Å²) in [6, 6.07) is 30.4. The minimum absolute atomic E-state index is 0.253. The minimum atomic E-state index is -0.253. The number of benzene rings is 3. The van der Waals surface area contributed by atoms with Gasteiger partial charge < -0.3 is 0 Å². The highest BCUT2D eigenvalue weighted by Crippen LogP contribution is 2.40. The van der Waals surface area contributed by atoms with Gasteiger partial charge in [-0.3, -0.25) is 5.32 Å². The molecule has 1 aliphatic heterocycles. The molecule has 0 aromatic heterocycles. The maximum absolute atomic E-state index is 3.82. The predicted octanol–water partition coefficient (Wildman–Crippen LogP) is 4.12. The van der Waals surface area contributed by atoms with Crippen LogP contribution in [0.4, 0.5) is 0 Å². The number of hydrogen-bond donors (Lipinski definition) is 1. The van der Waals surface area contributed by atoms with Crippen LogP contribution in [0.1, 0.15) is 22.3 Å². The van der Waals surface area contributed by atoms with Gasteiger partial charge in [0.05, 0.1) is 5.54 Å². The highest BCUT2D eigenvalue weighted by atomic mass is 15.0. The topological polar surface area (TPSA) is 12.0 Å². The van der Waals surface area contributed by atoms with Crippen molar-refractivity contribution in [2.75, 3.05) is 6.54 Å². The third-order valence-electron chi connectivity index (χ3n) is 4.62. The lowest BCUT2D eigenvalue weighted by Crippen LogP contribution is -2.49. The van der Waals surface area contributed by atoms with Crippen molar-refractivity contribution in [2.45, 2.75) is 12.0 Å². The lowest BCUT2D eigenvalue weighted by atomic mass is 9.73. The van der Waals surface area contributed by atoms with Crippen LogP contribution in [-0.2, 0) is 12.0 Å². The molecule has 22 heavy (non-hydrogen) atoms. The second-order valence-corrected chi connectivity index (χ2v) is 5.82. The number of hydrogen-bond acceptors (Lipinski definition) is 1. The smallest absolute Gasteiger partial charge is 0.0950 e. The molecule has 4 rings (SSSR count). The second-order valence-electron chi connectivity index (χ2n) is 5.82. The van der Waals surface area contributed by atoms with E-state index in [4.69, 9.17) is 0 Å². The van der Waals surface area contributed by atoms with Gasteiger partial charge in [0.25, 0.3) is 0 Å². The van der Waals surface area contributed by atoms with Gasteiger partial charge in [0.2, 0.25) is 0 Å². The van der Waals surface area contributed by atoms with Crippen LogP contribution in [0.15, 0.2) is 84.9 Å². The first-order chi connectivity index (χ1) is 10.9. The third kappa shape index (κ3) is 1.98. The van der Waals surface area contributed by atoms with Crippen LogP contribution in [0.2, 0.25) is 0 Å². The first-order valence-electron chi connectivity index (χ1n) is 7.86. The lowest BCUT2D eigenvalue weighted by Gasteiger charge is -2.41. The first-order valence-corrected chi connectivity index (χ1v) is 7.86. The van der Waals surface area contributed by atoms with E-state index in [2.05, 4.69) is 90.2 Å². The van der Waals surface area contributed by atoms with E-state index >= 15 is 0 Å². The largest absolute Gasteiger partial charge is 0.300 e. The summed E-state index contributed by atoms with van der Waals surface area (Å²) < 4.78 is 0. The van der Waals surface area contributed by atoms with E-state index in [1.165, 1.54) is 22.3 Å². The Morgan fingerprint density at radius 1 is 0.636 bits per heavy atom. The molecule has 0 aliphatic carbocycles. The predicted molar refractivity (Wildman–Crippen MR) is 90.9 cm³/mol. The average molecular weight is 285 g/mol. The van der Waals surface area contributed by atoms with E-state index in [-0.39, 0.29) is 5.54 Å². The van der Waals surface area contributed by atoms with E-state index < -0.39 is 0 Å². The summed E-state index contributed by atoms with van der Waals surface area (Å²) in [4.78, 5) is 0. The second kappa shape index (κ2) is 5.43. The molecule has 0 saturated carbocycles. The molecule has 0 fully saturated rings. The van der Waals surface area contributed by atoms with E-state index in [1.807, 2.05) is 0 Å². The molecule has 0 saturated heterocycles. The molecule has 0 spiro atoms. The Kier molecular flexibility index (Phi) is 3.28. The summed E-state index contributed by atoms with van der Waals surface area (Å²) in [7, 11) is 0. The van der Waals surface area contributed by atoms with Crippen LogP contribution in [0.5, 0.6) is 0 Å². The molecule has 1 heterocycles. The van der Waals surface area contributed by atoms with Crippen molar-refractivity contribution in [3.63, 3.8) is 0 Å². The molecule has 1 nitrogen and oxygen atoms in total. The summed E-state index contributed by atoms with van der Waals surface area (Å²) in [6.45, 7) is 0.987. The van der Waals surface area contributed by atoms with Gasteiger partial charge in [-0.15, -0.1) is 0 Å². The van der Waals surface area contributed by atoms with Gasteiger partial charge in [0, 0.05) is 6.54 Å². The maximum Gasteiger partial charge on any atom is 0.0950 e. The molecule has 1 aliphatic rings. The Balaban J connectivity index is 2.04. The van der Waals surface area contributed by atoms with Crippen molar-refractivity contribution in [1.82, 2.24) is 5.32 Å². The Morgan fingerprint density at radius 2 is 1.18 bits per heavy atom.